The molecule has 0 radical (unpaired) electrons. The molecule has 0 saturated carbocycles. The Hall–Kier alpha value is -4.18. The molecule has 4 rings (SSSR count). The van der Waals surface area contributed by atoms with Crippen LogP contribution < -0.4 is 15.5 Å². The molecule has 0 fully saturated rings. The monoisotopic (exact) mass is 520 g/mol. The number of oxime groups is 1. The second-order valence-electron chi connectivity index (χ2n) is 9.59. The van der Waals surface area contributed by atoms with Crippen molar-refractivity contribution in [3.63, 3.8) is 0 Å². The minimum atomic E-state index is -0.867. The van der Waals surface area contributed by atoms with E-state index in [-0.39, 0.29) is 19.1 Å². The minimum Gasteiger partial charge on any atom is -0.489 e. The molecule has 10 nitrogen and oxygen atoms in total. The van der Waals surface area contributed by atoms with Crippen molar-refractivity contribution >= 4 is 28.6 Å². The van der Waals surface area contributed by atoms with Crippen LogP contribution in [0.2, 0.25) is 0 Å². The summed E-state index contributed by atoms with van der Waals surface area (Å²) in [5.41, 5.74) is 6.03. The van der Waals surface area contributed by atoms with Crippen molar-refractivity contribution in [2.75, 3.05) is 13.2 Å². The van der Waals surface area contributed by atoms with Crippen LogP contribution in [0, 0.1) is 18.8 Å². The number of nitrogens with one attached hydrogen (secondary N) is 2. The molecule has 3 N–H and O–H groups in total. The number of amides is 2. The average molecular weight is 521 g/mol. The van der Waals surface area contributed by atoms with E-state index >= 15 is 0 Å². The molecule has 0 aliphatic carbocycles. The standard InChI is InChI=1S/C28H32N4O6/c1-17(2)15-37-28(34)29-14-23(27(33)31-35)26-13-25(32-38-26)19-8-10-21(11-9-19)36-16-20-12-18(3)30-24-7-5-4-6-22(20)24/h4-12,17,23,26,35H,13-16H2,1-3H3,(H,29,34)(H,31,33). The maximum atomic E-state index is 12.3. The summed E-state index contributed by atoms with van der Waals surface area (Å²) in [4.78, 5) is 34.2. The van der Waals surface area contributed by atoms with E-state index in [9.17, 15) is 14.8 Å². The van der Waals surface area contributed by atoms with Crippen LogP contribution in [-0.2, 0) is 21.0 Å². The van der Waals surface area contributed by atoms with Crippen LogP contribution in [-0.4, -0.2) is 47.2 Å². The molecule has 3 aromatic rings. The summed E-state index contributed by atoms with van der Waals surface area (Å²) in [5, 5.41) is 16.9. The predicted molar refractivity (Wildman–Crippen MR) is 141 cm³/mol. The maximum Gasteiger partial charge on any atom is 0.407 e. The summed E-state index contributed by atoms with van der Waals surface area (Å²) in [5.74, 6) is -0.666. The predicted octanol–water partition coefficient (Wildman–Crippen LogP) is 4.12. The Kier molecular flexibility index (Phi) is 8.75. The molecule has 200 valence electrons. The van der Waals surface area contributed by atoms with Crippen LogP contribution in [0.4, 0.5) is 4.79 Å². The SMILES string of the molecule is Cc1cc(COc2ccc(C3=NOC(C(CNC(=O)OCC(C)C)C(=O)NO)C3)cc2)c2ccccc2n1. The molecule has 38 heavy (non-hydrogen) atoms. The van der Waals surface area contributed by atoms with Crippen LogP contribution in [0.15, 0.2) is 59.8 Å². The van der Waals surface area contributed by atoms with Crippen molar-refractivity contribution in [2.24, 2.45) is 17.0 Å². The number of benzene rings is 2. The van der Waals surface area contributed by atoms with E-state index in [1.807, 2.05) is 75.4 Å². The van der Waals surface area contributed by atoms with Crippen molar-refractivity contribution < 1.29 is 29.1 Å². The summed E-state index contributed by atoms with van der Waals surface area (Å²) >= 11 is 0. The highest BCUT2D eigenvalue weighted by Gasteiger charge is 2.35. The zero-order valence-electron chi connectivity index (χ0n) is 21.6. The van der Waals surface area contributed by atoms with Gasteiger partial charge in [-0.1, -0.05) is 37.2 Å². The molecular formula is C28H32N4O6. The number of fused-ring (bicyclic) bond motifs is 1. The van der Waals surface area contributed by atoms with Crippen molar-refractivity contribution in [2.45, 2.75) is 39.9 Å². The molecule has 0 spiro atoms. The van der Waals surface area contributed by atoms with E-state index in [0.717, 1.165) is 27.7 Å². The second-order valence-corrected chi connectivity index (χ2v) is 9.59. The summed E-state index contributed by atoms with van der Waals surface area (Å²) in [6, 6.07) is 17.5. The Morgan fingerprint density at radius 1 is 1.16 bits per heavy atom. The van der Waals surface area contributed by atoms with Gasteiger partial charge in [-0.15, -0.1) is 0 Å². The number of carbonyl (C=O) groups is 2. The van der Waals surface area contributed by atoms with Crippen LogP contribution in [0.3, 0.4) is 0 Å². The van der Waals surface area contributed by atoms with Gasteiger partial charge >= 0.3 is 6.09 Å². The molecule has 2 aromatic carbocycles. The van der Waals surface area contributed by atoms with Gasteiger partial charge in [0.1, 0.15) is 18.5 Å². The number of hydroxylamine groups is 1. The number of pyridine rings is 1. The van der Waals surface area contributed by atoms with Crippen LogP contribution in [0.1, 0.15) is 37.1 Å². The van der Waals surface area contributed by atoms with Gasteiger partial charge in [-0.2, -0.15) is 0 Å². The fourth-order valence-electron chi connectivity index (χ4n) is 4.16. The first-order valence-corrected chi connectivity index (χ1v) is 12.5. The number of carbonyl (C=O) groups excluding carboxylic acids is 2. The van der Waals surface area contributed by atoms with Gasteiger partial charge in [0.05, 0.1) is 23.8 Å². The van der Waals surface area contributed by atoms with Crippen molar-refractivity contribution in [1.29, 1.82) is 0 Å². The van der Waals surface area contributed by atoms with Gasteiger partial charge in [0.2, 0.25) is 0 Å². The lowest BCUT2D eigenvalue weighted by atomic mass is 9.95. The zero-order valence-corrected chi connectivity index (χ0v) is 21.6. The Balaban J connectivity index is 1.35. The van der Waals surface area contributed by atoms with Crippen LogP contribution >= 0.6 is 0 Å². The summed E-state index contributed by atoms with van der Waals surface area (Å²) < 4.78 is 11.1. The lowest BCUT2D eigenvalue weighted by Gasteiger charge is -2.20. The second kappa shape index (κ2) is 12.4. The molecule has 1 aliphatic heterocycles. The molecule has 1 aromatic heterocycles. The first-order valence-electron chi connectivity index (χ1n) is 12.5. The van der Waals surface area contributed by atoms with Crippen LogP contribution in [0.5, 0.6) is 5.75 Å². The van der Waals surface area contributed by atoms with Gasteiger partial charge in [0.25, 0.3) is 5.91 Å². The third kappa shape index (κ3) is 6.77. The molecular weight excluding hydrogens is 488 g/mol. The normalized spacial score (nSPS) is 15.5. The largest absolute Gasteiger partial charge is 0.489 e. The number of hydrogen-bond acceptors (Lipinski definition) is 8. The van der Waals surface area contributed by atoms with E-state index in [1.54, 1.807) is 5.48 Å². The topological polar surface area (TPSA) is 131 Å². The Bertz CT molecular complexity index is 1310. The highest BCUT2D eigenvalue weighted by molar-refractivity contribution is 6.01. The smallest absolute Gasteiger partial charge is 0.407 e. The van der Waals surface area contributed by atoms with E-state index in [0.29, 0.717) is 24.5 Å². The number of rotatable bonds is 10. The molecule has 0 saturated heterocycles. The van der Waals surface area contributed by atoms with E-state index in [4.69, 9.17) is 14.3 Å². The van der Waals surface area contributed by atoms with Gasteiger partial charge in [-0.3, -0.25) is 15.0 Å². The Labute approximate surface area is 220 Å². The van der Waals surface area contributed by atoms with Gasteiger partial charge in [0, 0.05) is 29.6 Å². The lowest BCUT2D eigenvalue weighted by Crippen LogP contribution is -2.44. The quantitative estimate of drug-likeness (QED) is 0.271. The molecule has 2 unspecified atom stereocenters. The number of para-hydroxylation sites is 1. The number of alkyl carbamates (subject to hydrolysis) is 1. The molecule has 1 aliphatic rings. The first-order chi connectivity index (χ1) is 18.3. The highest BCUT2D eigenvalue weighted by atomic mass is 16.6. The number of ether oxygens (including phenoxy) is 2. The third-order valence-corrected chi connectivity index (χ3v) is 6.11. The van der Waals surface area contributed by atoms with Crippen molar-refractivity contribution in [3.05, 3.63) is 71.4 Å². The van der Waals surface area contributed by atoms with Crippen LogP contribution in [0.25, 0.3) is 10.9 Å². The average Bonchev–Trinajstić information content (AvgIpc) is 3.40. The molecule has 0 bridgehead atoms. The van der Waals surface area contributed by atoms with Gasteiger partial charge in [0.15, 0.2) is 0 Å². The van der Waals surface area contributed by atoms with Crippen molar-refractivity contribution in [3.8, 4) is 5.75 Å². The van der Waals surface area contributed by atoms with E-state index in [1.165, 1.54) is 0 Å². The zero-order chi connectivity index (χ0) is 27.1. The number of aryl methyl sites for hydroxylation is 1. The number of hydrogen-bond donors (Lipinski definition) is 3. The number of aromatic nitrogens is 1. The maximum absolute atomic E-state index is 12.3. The summed E-state index contributed by atoms with van der Waals surface area (Å²) in [6.45, 7) is 6.39. The minimum absolute atomic E-state index is 0.0767. The Morgan fingerprint density at radius 2 is 1.92 bits per heavy atom. The first kappa shape index (κ1) is 26.9. The lowest BCUT2D eigenvalue weighted by molar-refractivity contribution is -0.137. The van der Waals surface area contributed by atoms with Gasteiger partial charge < -0.3 is 19.6 Å². The van der Waals surface area contributed by atoms with Gasteiger partial charge in [-0.05, 0) is 54.8 Å². The fourth-order valence-corrected chi connectivity index (χ4v) is 4.16. The van der Waals surface area contributed by atoms with Gasteiger partial charge in [-0.25, -0.2) is 10.3 Å². The third-order valence-electron chi connectivity index (χ3n) is 6.11. The van der Waals surface area contributed by atoms with E-state index in [2.05, 4.69) is 15.5 Å². The summed E-state index contributed by atoms with van der Waals surface area (Å²) in [7, 11) is 0. The summed E-state index contributed by atoms with van der Waals surface area (Å²) in [6.07, 6.45) is -0.982. The van der Waals surface area contributed by atoms with E-state index < -0.39 is 24.0 Å². The number of nitrogens with zero attached hydrogens (tertiary/aromatic N) is 2. The Morgan fingerprint density at radius 3 is 2.66 bits per heavy atom. The molecule has 10 heteroatoms. The molecule has 2 atom stereocenters. The van der Waals surface area contributed by atoms with Crippen molar-refractivity contribution in [1.82, 2.24) is 15.8 Å². The fraction of sp³-hybridized carbons (Fsp3) is 0.357. The molecule has 2 amide bonds. The highest BCUT2D eigenvalue weighted by Crippen LogP contribution is 2.25. The molecule has 2 heterocycles.